The van der Waals surface area contributed by atoms with Gasteiger partial charge < -0.3 is 0 Å². The van der Waals surface area contributed by atoms with Gasteiger partial charge in [-0.15, -0.1) is 0 Å². The van der Waals surface area contributed by atoms with Gasteiger partial charge in [-0.3, -0.25) is 9.69 Å². The van der Waals surface area contributed by atoms with E-state index < -0.39 is 0 Å². The van der Waals surface area contributed by atoms with Gasteiger partial charge in [-0.05, 0) is 43.7 Å². The summed E-state index contributed by atoms with van der Waals surface area (Å²) < 4.78 is 0. The van der Waals surface area contributed by atoms with Crippen LogP contribution in [0, 0.1) is 5.92 Å². The Bertz CT molecular complexity index is 431. The maximum atomic E-state index is 12.4. The zero-order valence-electron chi connectivity index (χ0n) is 13.1. The van der Waals surface area contributed by atoms with Crippen molar-refractivity contribution in [1.29, 1.82) is 0 Å². The van der Waals surface area contributed by atoms with Crippen LogP contribution in [0.25, 0.3) is 0 Å². The maximum Gasteiger partial charge on any atom is 0.176 e. The van der Waals surface area contributed by atoms with Crippen molar-refractivity contribution in [2.24, 2.45) is 5.92 Å². The van der Waals surface area contributed by atoms with Gasteiger partial charge in [0.25, 0.3) is 0 Å². The van der Waals surface area contributed by atoms with Gasteiger partial charge in [-0.2, -0.15) is 0 Å². The molecule has 0 atom stereocenters. The smallest absolute Gasteiger partial charge is 0.176 e. The van der Waals surface area contributed by atoms with Crippen LogP contribution in [-0.4, -0.2) is 29.8 Å². The molecule has 20 heavy (non-hydrogen) atoms. The van der Waals surface area contributed by atoms with Crippen molar-refractivity contribution >= 4 is 5.78 Å². The predicted octanol–water partition coefficient (Wildman–Crippen LogP) is 3.94. The molecule has 0 aromatic heterocycles. The van der Waals surface area contributed by atoms with E-state index in [1.165, 1.54) is 24.8 Å². The van der Waals surface area contributed by atoms with E-state index in [4.69, 9.17) is 0 Å². The van der Waals surface area contributed by atoms with Gasteiger partial charge in [0.15, 0.2) is 5.78 Å². The number of nitrogens with zero attached hydrogens (tertiary/aromatic N) is 1. The molecule has 110 valence electrons. The van der Waals surface area contributed by atoms with Crippen molar-refractivity contribution in [1.82, 2.24) is 4.90 Å². The van der Waals surface area contributed by atoms with Crippen molar-refractivity contribution in [2.45, 2.75) is 52.5 Å². The van der Waals surface area contributed by atoms with Crippen LogP contribution in [0.1, 0.15) is 56.0 Å². The molecule has 1 aromatic rings. The highest BCUT2D eigenvalue weighted by atomic mass is 16.1. The summed E-state index contributed by atoms with van der Waals surface area (Å²) in [5.74, 6) is 0.971. The Kier molecular flexibility index (Phi) is 5.36. The molecule has 2 heteroatoms. The Labute approximate surface area is 123 Å². The van der Waals surface area contributed by atoms with Crippen molar-refractivity contribution in [3.05, 3.63) is 35.4 Å². The molecule has 0 radical (unpaired) electrons. The SMILES string of the molecule is CCc1ccc(C(=O)CN(CCC(C)C)C2CC2)cc1. The highest BCUT2D eigenvalue weighted by molar-refractivity contribution is 5.97. The third kappa shape index (κ3) is 4.45. The number of carbonyl (C=O) groups excluding carboxylic acids is 1. The number of rotatable bonds is 8. The number of aryl methyl sites for hydroxylation is 1. The summed E-state index contributed by atoms with van der Waals surface area (Å²) in [6.07, 6.45) is 4.73. The molecule has 1 saturated carbocycles. The van der Waals surface area contributed by atoms with E-state index >= 15 is 0 Å². The van der Waals surface area contributed by atoms with Crippen molar-refractivity contribution < 1.29 is 4.79 Å². The third-order valence-electron chi connectivity index (χ3n) is 4.09. The quantitative estimate of drug-likeness (QED) is 0.669. The van der Waals surface area contributed by atoms with E-state index in [2.05, 4.69) is 37.8 Å². The standard InChI is InChI=1S/C18H27NO/c1-4-15-5-7-16(8-6-15)18(20)13-19(17-9-10-17)12-11-14(2)3/h5-8,14,17H,4,9-13H2,1-3H3. The van der Waals surface area contributed by atoms with Crippen LogP contribution in [0.4, 0.5) is 0 Å². The number of carbonyl (C=O) groups is 1. The first kappa shape index (κ1) is 15.2. The molecule has 2 rings (SSSR count). The lowest BCUT2D eigenvalue weighted by atomic mass is 10.1. The van der Waals surface area contributed by atoms with E-state index in [-0.39, 0.29) is 5.78 Å². The second kappa shape index (κ2) is 7.03. The van der Waals surface area contributed by atoms with E-state index in [0.717, 1.165) is 18.5 Å². The van der Waals surface area contributed by atoms with E-state index in [1.54, 1.807) is 0 Å². The molecular formula is C18H27NO. The lowest BCUT2D eigenvalue weighted by molar-refractivity contribution is 0.0920. The average Bonchev–Trinajstić information content (AvgIpc) is 3.27. The molecule has 0 N–H and O–H groups in total. The highest BCUT2D eigenvalue weighted by Crippen LogP contribution is 2.27. The fourth-order valence-electron chi connectivity index (χ4n) is 2.46. The molecule has 0 spiro atoms. The lowest BCUT2D eigenvalue weighted by Crippen LogP contribution is -2.33. The number of ketones is 1. The van der Waals surface area contributed by atoms with Gasteiger partial charge in [-0.1, -0.05) is 45.0 Å². The Morgan fingerprint density at radius 3 is 2.40 bits per heavy atom. The molecule has 1 aromatic carbocycles. The Morgan fingerprint density at radius 1 is 1.25 bits per heavy atom. The van der Waals surface area contributed by atoms with Crippen molar-refractivity contribution in [3.63, 3.8) is 0 Å². The van der Waals surface area contributed by atoms with Crippen LogP contribution in [-0.2, 0) is 6.42 Å². The Balaban J connectivity index is 1.93. The largest absolute Gasteiger partial charge is 0.293 e. The molecule has 0 amide bonds. The number of benzene rings is 1. The maximum absolute atomic E-state index is 12.4. The molecule has 0 saturated heterocycles. The van der Waals surface area contributed by atoms with E-state index in [0.29, 0.717) is 18.5 Å². The zero-order chi connectivity index (χ0) is 14.5. The van der Waals surface area contributed by atoms with Crippen LogP contribution in [0.15, 0.2) is 24.3 Å². The van der Waals surface area contributed by atoms with Crippen LogP contribution in [0.2, 0.25) is 0 Å². The van der Waals surface area contributed by atoms with E-state index in [1.807, 2.05) is 12.1 Å². The van der Waals surface area contributed by atoms with Crippen molar-refractivity contribution in [3.8, 4) is 0 Å². The van der Waals surface area contributed by atoms with Gasteiger partial charge in [0.1, 0.15) is 0 Å². The summed E-state index contributed by atoms with van der Waals surface area (Å²) >= 11 is 0. The second-order valence-electron chi connectivity index (χ2n) is 6.36. The number of hydrogen-bond donors (Lipinski definition) is 0. The molecule has 0 aliphatic heterocycles. The molecule has 1 aliphatic rings. The molecule has 0 heterocycles. The monoisotopic (exact) mass is 273 g/mol. The molecule has 0 unspecified atom stereocenters. The molecule has 1 aliphatic carbocycles. The topological polar surface area (TPSA) is 20.3 Å². The van der Waals surface area contributed by atoms with Gasteiger partial charge in [0, 0.05) is 11.6 Å². The van der Waals surface area contributed by atoms with E-state index in [9.17, 15) is 4.79 Å². The molecule has 1 fully saturated rings. The van der Waals surface area contributed by atoms with Gasteiger partial charge in [-0.25, -0.2) is 0 Å². The van der Waals surface area contributed by atoms with Gasteiger partial charge in [0.05, 0.1) is 6.54 Å². The van der Waals surface area contributed by atoms with Crippen molar-refractivity contribution in [2.75, 3.05) is 13.1 Å². The number of hydrogen-bond acceptors (Lipinski definition) is 2. The number of Topliss-reactive ketones (excluding diaryl/α,β-unsaturated/α-hetero) is 1. The fourth-order valence-corrected chi connectivity index (χ4v) is 2.46. The van der Waals surface area contributed by atoms with Gasteiger partial charge >= 0.3 is 0 Å². The molecule has 0 bridgehead atoms. The normalized spacial score (nSPS) is 15.1. The highest BCUT2D eigenvalue weighted by Gasteiger charge is 2.30. The Morgan fingerprint density at radius 2 is 1.90 bits per heavy atom. The lowest BCUT2D eigenvalue weighted by Gasteiger charge is -2.22. The summed E-state index contributed by atoms with van der Waals surface area (Å²) in [4.78, 5) is 14.8. The summed E-state index contributed by atoms with van der Waals surface area (Å²) in [6, 6.07) is 8.77. The fraction of sp³-hybridized carbons (Fsp3) is 0.611. The third-order valence-corrected chi connectivity index (χ3v) is 4.09. The first-order valence-corrected chi connectivity index (χ1v) is 7.96. The minimum Gasteiger partial charge on any atom is -0.293 e. The molecule has 2 nitrogen and oxygen atoms in total. The first-order valence-electron chi connectivity index (χ1n) is 7.96. The summed E-state index contributed by atoms with van der Waals surface area (Å²) in [6.45, 7) is 8.27. The minimum atomic E-state index is 0.267. The predicted molar refractivity (Wildman–Crippen MR) is 84.2 cm³/mol. The Hall–Kier alpha value is -1.15. The minimum absolute atomic E-state index is 0.267. The summed E-state index contributed by atoms with van der Waals surface area (Å²) in [7, 11) is 0. The zero-order valence-corrected chi connectivity index (χ0v) is 13.1. The summed E-state index contributed by atoms with van der Waals surface area (Å²) in [5.41, 5.74) is 2.15. The molecular weight excluding hydrogens is 246 g/mol. The second-order valence-corrected chi connectivity index (χ2v) is 6.36. The first-order chi connectivity index (χ1) is 9.60. The average molecular weight is 273 g/mol. The summed E-state index contributed by atoms with van der Waals surface area (Å²) in [5, 5.41) is 0. The van der Waals surface area contributed by atoms with Crippen LogP contribution in [0.5, 0.6) is 0 Å². The van der Waals surface area contributed by atoms with Gasteiger partial charge in [0.2, 0.25) is 0 Å². The van der Waals surface area contributed by atoms with Crippen LogP contribution >= 0.6 is 0 Å². The van der Waals surface area contributed by atoms with Crippen LogP contribution in [0.3, 0.4) is 0 Å². The van der Waals surface area contributed by atoms with Crippen LogP contribution < -0.4 is 0 Å².